The first-order valence-corrected chi connectivity index (χ1v) is 8.71. The molecule has 0 radical (unpaired) electrons. The number of methoxy groups -OCH3 is 1. The van der Waals surface area contributed by atoms with Gasteiger partial charge < -0.3 is 20.1 Å². The quantitative estimate of drug-likeness (QED) is 0.823. The number of hydrogen-bond acceptors (Lipinski definition) is 4. The highest BCUT2D eigenvalue weighted by Gasteiger charge is 2.33. The van der Waals surface area contributed by atoms with Crippen LogP contribution in [0.25, 0.3) is 0 Å². The Labute approximate surface area is 147 Å². The highest BCUT2D eigenvalue weighted by atomic mass is 16.5. The predicted molar refractivity (Wildman–Crippen MR) is 93.1 cm³/mol. The van der Waals surface area contributed by atoms with Crippen molar-refractivity contribution in [2.24, 2.45) is 0 Å². The summed E-state index contributed by atoms with van der Waals surface area (Å²) in [5.41, 5.74) is 1.80. The van der Waals surface area contributed by atoms with Crippen molar-refractivity contribution < 1.29 is 19.1 Å². The predicted octanol–water partition coefficient (Wildman–Crippen LogP) is 3.20. The summed E-state index contributed by atoms with van der Waals surface area (Å²) in [6.45, 7) is 1.73. The van der Waals surface area contributed by atoms with Crippen molar-refractivity contribution in [2.45, 2.75) is 51.2 Å². The lowest BCUT2D eigenvalue weighted by Gasteiger charge is -2.30. The van der Waals surface area contributed by atoms with E-state index in [0.717, 1.165) is 37.0 Å². The summed E-state index contributed by atoms with van der Waals surface area (Å²) in [7, 11) is 1.60. The first-order chi connectivity index (χ1) is 12.1. The van der Waals surface area contributed by atoms with E-state index in [2.05, 4.69) is 10.6 Å². The third kappa shape index (κ3) is 3.95. The van der Waals surface area contributed by atoms with Gasteiger partial charge in [0, 0.05) is 5.70 Å². The lowest BCUT2D eigenvalue weighted by Crippen LogP contribution is -2.45. The Kier molecular flexibility index (Phi) is 5.26. The van der Waals surface area contributed by atoms with E-state index in [9.17, 15) is 9.59 Å². The van der Waals surface area contributed by atoms with E-state index in [1.807, 2.05) is 24.3 Å². The van der Waals surface area contributed by atoms with E-state index < -0.39 is 6.04 Å². The fourth-order valence-corrected chi connectivity index (χ4v) is 3.41. The molecule has 2 N–H and O–H groups in total. The van der Waals surface area contributed by atoms with Crippen molar-refractivity contribution in [1.29, 1.82) is 0 Å². The molecule has 1 aromatic rings. The minimum atomic E-state index is -0.532. The van der Waals surface area contributed by atoms with Crippen LogP contribution in [-0.4, -0.2) is 25.2 Å². The van der Waals surface area contributed by atoms with Crippen LogP contribution < -0.4 is 15.4 Å². The fourth-order valence-electron chi connectivity index (χ4n) is 3.41. The minimum absolute atomic E-state index is 0.0318. The van der Waals surface area contributed by atoms with Crippen molar-refractivity contribution in [3.8, 4) is 5.75 Å². The number of benzene rings is 1. The zero-order chi connectivity index (χ0) is 17.8. The average Bonchev–Trinajstić information content (AvgIpc) is 2.62. The van der Waals surface area contributed by atoms with Crippen LogP contribution in [0.1, 0.15) is 50.6 Å². The Morgan fingerprint density at radius 3 is 2.44 bits per heavy atom. The Balaban J connectivity index is 1.84. The van der Waals surface area contributed by atoms with Crippen LogP contribution >= 0.6 is 0 Å². The molecule has 6 heteroatoms. The van der Waals surface area contributed by atoms with E-state index in [1.165, 1.54) is 6.42 Å². The summed E-state index contributed by atoms with van der Waals surface area (Å²) in [5.74, 6) is 0.355. The number of carbonyl (C=O) groups is 2. The summed E-state index contributed by atoms with van der Waals surface area (Å²) in [5, 5.41) is 5.49. The van der Waals surface area contributed by atoms with Crippen LogP contribution in [0.3, 0.4) is 0 Å². The highest BCUT2D eigenvalue weighted by Crippen LogP contribution is 2.30. The Morgan fingerprint density at radius 1 is 1.12 bits per heavy atom. The molecule has 0 unspecified atom stereocenters. The van der Waals surface area contributed by atoms with Gasteiger partial charge in [0.15, 0.2) is 0 Å². The molecule has 2 aliphatic rings. The number of rotatable bonds is 4. The van der Waals surface area contributed by atoms with Crippen LogP contribution in [0, 0.1) is 0 Å². The average molecular weight is 344 g/mol. The van der Waals surface area contributed by atoms with Gasteiger partial charge in [-0.05, 0) is 50.3 Å². The molecule has 6 nitrogen and oxygen atoms in total. The van der Waals surface area contributed by atoms with Gasteiger partial charge in [-0.3, -0.25) is 0 Å². The second-order valence-corrected chi connectivity index (χ2v) is 6.51. The molecule has 0 saturated heterocycles. The zero-order valence-corrected chi connectivity index (χ0v) is 14.6. The summed E-state index contributed by atoms with van der Waals surface area (Å²) in [4.78, 5) is 24.7. The molecule has 0 bridgehead atoms. The molecule has 134 valence electrons. The van der Waals surface area contributed by atoms with Gasteiger partial charge in [-0.2, -0.15) is 0 Å². The second-order valence-electron chi connectivity index (χ2n) is 6.51. The monoisotopic (exact) mass is 344 g/mol. The Bertz CT molecular complexity index is 675. The highest BCUT2D eigenvalue weighted by molar-refractivity contribution is 5.95. The molecular formula is C19H24N2O4. The van der Waals surface area contributed by atoms with Crippen molar-refractivity contribution in [3.63, 3.8) is 0 Å². The van der Waals surface area contributed by atoms with Crippen molar-refractivity contribution in [3.05, 3.63) is 41.1 Å². The van der Waals surface area contributed by atoms with E-state index in [4.69, 9.17) is 9.47 Å². The van der Waals surface area contributed by atoms with Crippen molar-refractivity contribution >= 4 is 12.0 Å². The molecule has 3 rings (SSSR count). The van der Waals surface area contributed by atoms with Crippen molar-refractivity contribution in [2.75, 3.05) is 7.11 Å². The number of nitrogens with one attached hydrogen (secondary N) is 2. The lowest BCUT2D eigenvalue weighted by atomic mass is 9.94. The van der Waals surface area contributed by atoms with Gasteiger partial charge in [-0.25, -0.2) is 9.59 Å². The van der Waals surface area contributed by atoms with Crippen molar-refractivity contribution in [1.82, 2.24) is 10.6 Å². The van der Waals surface area contributed by atoms with E-state index >= 15 is 0 Å². The normalized spacial score (nSPS) is 21.4. The van der Waals surface area contributed by atoms with Gasteiger partial charge in [-0.15, -0.1) is 0 Å². The largest absolute Gasteiger partial charge is 0.497 e. The summed E-state index contributed by atoms with van der Waals surface area (Å²) < 4.78 is 10.9. The molecule has 1 saturated carbocycles. The molecule has 0 spiro atoms. The zero-order valence-electron chi connectivity index (χ0n) is 14.6. The third-order valence-corrected chi connectivity index (χ3v) is 4.76. The smallest absolute Gasteiger partial charge is 0.338 e. The first kappa shape index (κ1) is 17.3. The van der Waals surface area contributed by atoms with Crippen LogP contribution in [0.2, 0.25) is 0 Å². The molecule has 1 aliphatic heterocycles. The number of ether oxygens (including phenoxy) is 2. The van der Waals surface area contributed by atoms with Gasteiger partial charge in [0.2, 0.25) is 0 Å². The van der Waals surface area contributed by atoms with Gasteiger partial charge >= 0.3 is 12.0 Å². The van der Waals surface area contributed by atoms with Gasteiger partial charge in [0.05, 0.1) is 18.7 Å². The van der Waals surface area contributed by atoms with Gasteiger partial charge in [-0.1, -0.05) is 18.6 Å². The number of amides is 2. The summed E-state index contributed by atoms with van der Waals surface area (Å²) >= 11 is 0. The van der Waals surface area contributed by atoms with E-state index in [1.54, 1.807) is 14.0 Å². The van der Waals surface area contributed by atoms with Gasteiger partial charge in [0.1, 0.15) is 11.9 Å². The SMILES string of the molecule is COc1ccc([C@@H]2NC(=O)NC(C)=C2C(=O)OC2CCCCC2)cc1. The molecule has 1 atom stereocenters. The maximum atomic E-state index is 12.8. The number of carbonyl (C=O) groups excluding carboxylic acids is 2. The van der Waals surface area contributed by atoms with Crippen LogP contribution in [0.5, 0.6) is 5.75 Å². The third-order valence-electron chi connectivity index (χ3n) is 4.76. The van der Waals surface area contributed by atoms with Crippen LogP contribution in [0.15, 0.2) is 35.5 Å². The number of hydrogen-bond donors (Lipinski definition) is 2. The minimum Gasteiger partial charge on any atom is -0.497 e. The Hall–Kier alpha value is -2.50. The summed E-state index contributed by atoms with van der Waals surface area (Å²) in [6.07, 6.45) is 5.16. The molecule has 1 fully saturated rings. The molecule has 0 aromatic heterocycles. The van der Waals surface area contributed by atoms with Gasteiger partial charge in [0.25, 0.3) is 0 Å². The Morgan fingerprint density at radius 2 is 1.80 bits per heavy atom. The lowest BCUT2D eigenvalue weighted by molar-refractivity contribution is -0.146. The molecule has 1 aliphatic carbocycles. The molecule has 1 heterocycles. The van der Waals surface area contributed by atoms with Crippen LogP contribution in [0.4, 0.5) is 4.79 Å². The maximum Gasteiger partial charge on any atom is 0.338 e. The molecule has 25 heavy (non-hydrogen) atoms. The van der Waals surface area contributed by atoms with E-state index in [0.29, 0.717) is 11.3 Å². The first-order valence-electron chi connectivity index (χ1n) is 8.71. The fraction of sp³-hybridized carbons (Fsp3) is 0.474. The molecule has 2 amide bonds. The topological polar surface area (TPSA) is 76.7 Å². The second kappa shape index (κ2) is 7.59. The molecule has 1 aromatic carbocycles. The standard InChI is InChI=1S/C19H24N2O4/c1-12-16(18(22)25-15-6-4-3-5-7-15)17(21-19(23)20-12)13-8-10-14(24-2)11-9-13/h8-11,15,17H,3-7H2,1-2H3,(H2,20,21,23)/t17-/m0/s1. The molecular weight excluding hydrogens is 320 g/mol. The number of esters is 1. The van der Waals surface area contributed by atoms with E-state index in [-0.39, 0.29) is 18.1 Å². The maximum absolute atomic E-state index is 12.8. The summed E-state index contributed by atoms with van der Waals surface area (Å²) in [6, 6.07) is 6.45. The number of allylic oxidation sites excluding steroid dienone is 1. The number of urea groups is 1. The van der Waals surface area contributed by atoms with Crippen LogP contribution in [-0.2, 0) is 9.53 Å².